The Morgan fingerprint density at radius 2 is 1.93 bits per heavy atom. The highest BCUT2D eigenvalue weighted by molar-refractivity contribution is 6.33. The number of aromatic nitrogens is 1. The van der Waals surface area contributed by atoms with Gasteiger partial charge in [0.1, 0.15) is 17.0 Å². The number of aryl methyl sites for hydroxylation is 1. The van der Waals surface area contributed by atoms with Gasteiger partial charge in [0.05, 0.1) is 25.3 Å². The number of aliphatic hydroxyl groups is 1. The summed E-state index contributed by atoms with van der Waals surface area (Å²) in [5.41, 5.74) is 1.80. The number of aliphatic hydroxyl groups excluding tert-OH is 1. The fourth-order valence-corrected chi connectivity index (χ4v) is 3.16. The first-order chi connectivity index (χ1) is 14.0. The second kappa shape index (κ2) is 8.98. The van der Waals surface area contributed by atoms with E-state index in [1.54, 1.807) is 49.4 Å². The van der Waals surface area contributed by atoms with Crippen molar-refractivity contribution in [2.45, 2.75) is 13.0 Å². The van der Waals surface area contributed by atoms with E-state index in [2.05, 4.69) is 10.5 Å². The number of amides is 1. The third kappa shape index (κ3) is 4.36. The van der Waals surface area contributed by atoms with Crippen molar-refractivity contribution in [1.82, 2.24) is 10.5 Å². The highest BCUT2D eigenvalue weighted by atomic mass is 35.5. The highest BCUT2D eigenvalue weighted by Gasteiger charge is 2.23. The Kier molecular flexibility index (Phi) is 6.41. The molecule has 0 bridgehead atoms. The van der Waals surface area contributed by atoms with Crippen molar-refractivity contribution < 1.29 is 23.9 Å². The van der Waals surface area contributed by atoms with Crippen LogP contribution in [0.4, 0.5) is 0 Å². The van der Waals surface area contributed by atoms with Crippen LogP contribution in [0.2, 0.25) is 5.02 Å². The zero-order valence-electron chi connectivity index (χ0n) is 16.2. The fourth-order valence-electron chi connectivity index (χ4n) is 2.93. The molecule has 29 heavy (non-hydrogen) atoms. The summed E-state index contributed by atoms with van der Waals surface area (Å²) < 4.78 is 15.6. The number of ether oxygens (including phenoxy) is 2. The molecular weight excluding hydrogens is 396 g/mol. The molecule has 8 heteroatoms. The van der Waals surface area contributed by atoms with Gasteiger partial charge in [-0.05, 0) is 30.7 Å². The minimum Gasteiger partial charge on any atom is -0.493 e. The van der Waals surface area contributed by atoms with Gasteiger partial charge < -0.3 is 24.4 Å². The maximum Gasteiger partial charge on any atom is 0.257 e. The SMILES string of the molecule is COc1ccc(C(O)CNC(=O)c2c(-c3ccccc3Cl)noc2C)cc1OC. The molecule has 1 amide bonds. The zero-order valence-corrected chi connectivity index (χ0v) is 17.0. The van der Waals surface area contributed by atoms with Crippen LogP contribution < -0.4 is 14.8 Å². The Hall–Kier alpha value is -3.03. The predicted molar refractivity (Wildman–Crippen MR) is 109 cm³/mol. The molecule has 0 aliphatic heterocycles. The van der Waals surface area contributed by atoms with Gasteiger partial charge in [-0.2, -0.15) is 0 Å². The zero-order chi connectivity index (χ0) is 21.0. The number of hydrogen-bond donors (Lipinski definition) is 2. The van der Waals surface area contributed by atoms with Crippen LogP contribution in [0.3, 0.4) is 0 Å². The lowest BCUT2D eigenvalue weighted by Gasteiger charge is -2.15. The van der Waals surface area contributed by atoms with Crippen LogP contribution in [0.5, 0.6) is 11.5 Å². The molecule has 0 aliphatic carbocycles. The van der Waals surface area contributed by atoms with Crippen molar-refractivity contribution in [3.8, 4) is 22.8 Å². The largest absolute Gasteiger partial charge is 0.493 e. The predicted octanol–water partition coefficient (Wildman–Crippen LogP) is 3.78. The molecule has 1 aromatic heterocycles. The van der Waals surface area contributed by atoms with Crippen molar-refractivity contribution in [2.24, 2.45) is 0 Å². The Balaban J connectivity index is 1.77. The maximum absolute atomic E-state index is 12.8. The number of benzene rings is 2. The number of hydrogen-bond acceptors (Lipinski definition) is 6. The molecule has 3 aromatic rings. The van der Waals surface area contributed by atoms with Crippen molar-refractivity contribution in [3.63, 3.8) is 0 Å². The molecule has 0 aliphatic rings. The first-order valence-corrected chi connectivity index (χ1v) is 9.23. The molecule has 0 saturated heterocycles. The highest BCUT2D eigenvalue weighted by Crippen LogP contribution is 2.32. The molecule has 0 spiro atoms. The maximum atomic E-state index is 12.8. The molecule has 2 N–H and O–H groups in total. The van der Waals surface area contributed by atoms with Crippen LogP contribution >= 0.6 is 11.6 Å². The van der Waals surface area contributed by atoms with E-state index < -0.39 is 12.0 Å². The number of rotatable bonds is 7. The molecule has 0 radical (unpaired) electrons. The lowest BCUT2D eigenvalue weighted by molar-refractivity contribution is 0.0915. The van der Waals surface area contributed by atoms with Crippen molar-refractivity contribution in [2.75, 3.05) is 20.8 Å². The number of methoxy groups -OCH3 is 2. The Labute approximate surface area is 173 Å². The van der Waals surface area contributed by atoms with Crippen molar-refractivity contribution in [1.29, 1.82) is 0 Å². The number of nitrogens with one attached hydrogen (secondary N) is 1. The van der Waals surface area contributed by atoms with Gasteiger partial charge in [0.2, 0.25) is 0 Å². The second-order valence-corrected chi connectivity index (χ2v) is 6.69. The molecular formula is C21H21ClN2O5. The summed E-state index contributed by atoms with van der Waals surface area (Å²) in [4.78, 5) is 12.8. The van der Waals surface area contributed by atoms with E-state index in [1.165, 1.54) is 14.2 Å². The lowest BCUT2D eigenvalue weighted by Crippen LogP contribution is -2.29. The van der Waals surface area contributed by atoms with Crippen LogP contribution in [-0.4, -0.2) is 36.9 Å². The quantitative estimate of drug-likeness (QED) is 0.608. The van der Waals surface area contributed by atoms with Gasteiger partial charge in [-0.15, -0.1) is 0 Å². The molecule has 0 fully saturated rings. The van der Waals surface area contributed by atoms with Gasteiger partial charge in [-0.25, -0.2) is 0 Å². The van der Waals surface area contributed by atoms with Gasteiger partial charge in [0, 0.05) is 12.1 Å². The first-order valence-electron chi connectivity index (χ1n) is 8.85. The third-order valence-corrected chi connectivity index (χ3v) is 4.80. The molecule has 7 nitrogen and oxygen atoms in total. The summed E-state index contributed by atoms with van der Waals surface area (Å²) >= 11 is 6.23. The standard InChI is InChI=1S/C21H21ClN2O5/c1-12-19(20(24-29-12)14-6-4-5-7-15(14)22)21(26)23-11-16(25)13-8-9-17(27-2)18(10-13)28-3/h4-10,16,25H,11H2,1-3H3,(H,23,26). The summed E-state index contributed by atoms with van der Waals surface area (Å²) in [5.74, 6) is 0.986. The van der Waals surface area contributed by atoms with E-state index in [0.29, 0.717) is 39.1 Å². The normalized spacial score (nSPS) is 11.8. The molecule has 1 unspecified atom stereocenters. The van der Waals surface area contributed by atoms with Gasteiger partial charge in [-0.3, -0.25) is 4.79 Å². The van der Waals surface area contributed by atoms with E-state index in [1.807, 2.05) is 0 Å². The van der Waals surface area contributed by atoms with Crippen LogP contribution in [-0.2, 0) is 0 Å². The topological polar surface area (TPSA) is 93.8 Å². The number of nitrogens with zero attached hydrogens (tertiary/aromatic N) is 1. The minimum absolute atomic E-state index is 0.0130. The number of carbonyl (C=O) groups excluding carboxylic acids is 1. The van der Waals surface area contributed by atoms with E-state index in [9.17, 15) is 9.90 Å². The second-order valence-electron chi connectivity index (χ2n) is 6.28. The molecule has 2 aromatic carbocycles. The summed E-state index contributed by atoms with van der Waals surface area (Å²) in [6.07, 6.45) is -0.942. The number of halogens is 1. The number of carbonyl (C=O) groups is 1. The molecule has 1 atom stereocenters. The Morgan fingerprint density at radius 1 is 1.21 bits per heavy atom. The van der Waals surface area contributed by atoms with E-state index in [-0.39, 0.29) is 12.1 Å². The summed E-state index contributed by atoms with van der Waals surface area (Å²) in [5, 5.41) is 17.6. The molecule has 152 valence electrons. The summed E-state index contributed by atoms with van der Waals surface area (Å²) in [6, 6.07) is 12.1. The average Bonchev–Trinajstić information content (AvgIpc) is 3.12. The monoisotopic (exact) mass is 416 g/mol. The summed E-state index contributed by atoms with van der Waals surface area (Å²) in [6.45, 7) is 1.63. The molecule has 3 rings (SSSR count). The van der Waals surface area contributed by atoms with E-state index in [0.717, 1.165) is 0 Å². The fraction of sp³-hybridized carbons (Fsp3) is 0.238. The molecule has 1 heterocycles. The van der Waals surface area contributed by atoms with Gasteiger partial charge in [0.15, 0.2) is 11.5 Å². The Morgan fingerprint density at radius 3 is 2.62 bits per heavy atom. The average molecular weight is 417 g/mol. The third-order valence-electron chi connectivity index (χ3n) is 4.47. The van der Waals surface area contributed by atoms with Gasteiger partial charge >= 0.3 is 0 Å². The van der Waals surface area contributed by atoms with Crippen molar-refractivity contribution >= 4 is 17.5 Å². The molecule has 0 saturated carbocycles. The van der Waals surface area contributed by atoms with Crippen LogP contribution in [0.15, 0.2) is 47.0 Å². The Bertz CT molecular complexity index is 1020. The minimum atomic E-state index is -0.942. The van der Waals surface area contributed by atoms with Crippen LogP contribution in [0.25, 0.3) is 11.3 Å². The van der Waals surface area contributed by atoms with Gasteiger partial charge in [-0.1, -0.05) is 41.0 Å². The lowest BCUT2D eigenvalue weighted by atomic mass is 10.0. The van der Waals surface area contributed by atoms with Crippen LogP contribution in [0.1, 0.15) is 27.8 Å². The summed E-state index contributed by atoms with van der Waals surface area (Å²) in [7, 11) is 3.05. The van der Waals surface area contributed by atoms with Gasteiger partial charge in [0.25, 0.3) is 5.91 Å². The van der Waals surface area contributed by atoms with Crippen LogP contribution in [0, 0.1) is 6.92 Å². The van der Waals surface area contributed by atoms with E-state index in [4.69, 9.17) is 25.6 Å². The van der Waals surface area contributed by atoms with E-state index >= 15 is 0 Å². The smallest absolute Gasteiger partial charge is 0.257 e. The first kappa shape index (κ1) is 20.7. The van der Waals surface area contributed by atoms with Crippen molar-refractivity contribution in [3.05, 3.63) is 64.4 Å².